The van der Waals surface area contributed by atoms with E-state index in [4.69, 9.17) is 9.47 Å². The highest BCUT2D eigenvalue weighted by molar-refractivity contribution is 7.13. The van der Waals surface area contributed by atoms with Gasteiger partial charge in [-0.15, -0.1) is 11.3 Å². The zero-order valence-electron chi connectivity index (χ0n) is 19.2. The van der Waals surface area contributed by atoms with Gasteiger partial charge in [-0.2, -0.15) is 0 Å². The quantitative estimate of drug-likeness (QED) is 0.391. The Labute approximate surface area is 207 Å². The summed E-state index contributed by atoms with van der Waals surface area (Å²) in [6, 6.07) is 19.9. The molecular weight excluding hydrogens is 462 g/mol. The summed E-state index contributed by atoms with van der Waals surface area (Å²) in [4.78, 5) is 32.8. The molecule has 0 saturated heterocycles. The van der Waals surface area contributed by atoms with E-state index in [1.807, 2.05) is 60.7 Å². The number of methoxy groups -OCH3 is 2. The number of nitrogens with zero attached hydrogens (tertiary/aromatic N) is 2. The molecule has 0 bridgehead atoms. The third-order valence-corrected chi connectivity index (χ3v) is 6.65. The molecule has 8 heteroatoms. The summed E-state index contributed by atoms with van der Waals surface area (Å²) in [7, 11) is 3.20. The lowest BCUT2D eigenvalue weighted by molar-refractivity contribution is -0.120. The summed E-state index contributed by atoms with van der Waals surface area (Å²) in [5, 5.41) is 5.14. The van der Waals surface area contributed by atoms with Crippen LogP contribution in [0.25, 0.3) is 11.1 Å². The Kier molecular flexibility index (Phi) is 6.20. The molecule has 1 aromatic heterocycles. The maximum atomic E-state index is 13.6. The topological polar surface area (TPSA) is 80.8 Å². The Balaban J connectivity index is 1.49. The number of thiazole rings is 1. The molecule has 1 aliphatic heterocycles. The zero-order chi connectivity index (χ0) is 24.4. The Hall–Kier alpha value is -4.17. The van der Waals surface area contributed by atoms with Crippen LogP contribution in [0.15, 0.2) is 78.3 Å². The van der Waals surface area contributed by atoms with E-state index in [0.717, 1.165) is 22.3 Å². The van der Waals surface area contributed by atoms with E-state index >= 15 is 0 Å². The fourth-order valence-corrected chi connectivity index (χ4v) is 4.78. The molecule has 2 heterocycles. The maximum absolute atomic E-state index is 13.6. The van der Waals surface area contributed by atoms with Crippen molar-refractivity contribution < 1.29 is 19.1 Å². The number of carbonyl (C=O) groups excluding carboxylic acids is 2. The summed E-state index contributed by atoms with van der Waals surface area (Å²) >= 11 is 1.33. The Bertz CT molecular complexity index is 1350. The van der Waals surface area contributed by atoms with Crippen molar-refractivity contribution >= 4 is 28.3 Å². The molecule has 176 valence electrons. The average molecular weight is 486 g/mol. The van der Waals surface area contributed by atoms with Gasteiger partial charge in [-0.05, 0) is 40.5 Å². The van der Waals surface area contributed by atoms with E-state index in [1.54, 1.807) is 36.8 Å². The molecule has 5 rings (SSSR count). The predicted molar refractivity (Wildman–Crippen MR) is 135 cm³/mol. The number of benzene rings is 3. The second-order valence-corrected chi connectivity index (χ2v) is 8.94. The van der Waals surface area contributed by atoms with E-state index in [1.165, 1.54) is 11.3 Å². The number of nitrogens with one attached hydrogen (secondary N) is 1. The van der Waals surface area contributed by atoms with Crippen molar-refractivity contribution in [2.75, 3.05) is 19.5 Å². The number of aromatic nitrogens is 1. The normalized spacial score (nSPS) is 13.3. The van der Waals surface area contributed by atoms with Gasteiger partial charge in [0.05, 0.1) is 14.2 Å². The molecular formula is C27H23N3O4S. The number of carbonyl (C=O) groups is 2. The Morgan fingerprint density at radius 2 is 1.74 bits per heavy atom. The predicted octanol–water partition coefficient (Wildman–Crippen LogP) is 5.16. The van der Waals surface area contributed by atoms with Gasteiger partial charge in [0, 0.05) is 29.8 Å². The smallest absolute Gasteiger partial charge is 0.255 e. The molecule has 1 unspecified atom stereocenters. The van der Waals surface area contributed by atoms with Crippen molar-refractivity contribution in [2.45, 2.75) is 12.6 Å². The lowest BCUT2D eigenvalue weighted by Gasteiger charge is -2.27. The van der Waals surface area contributed by atoms with E-state index in [2.05, 4.69) is 10.3 Å². The van der Waals surface area contributed by atoms with Crippen molar-refractivity contribution in [3.05, 3.63) is 95.0 Å². The van der Waals surface area contributed by atoms with Crippen LogP contribution in [0.3, 0.4) is 0 Å². The second-order valence-electron chi connectivity index (χ2n) is 8.05. The zero-order valence-corrected chi connectivity index (χ0v) is 20.0. The minimum absolute atomic E-state index is 0.195. The first-order valence-electron chi connectivity index (χ1n) is 11.0. The minimum Gasteiger partial charge on any atom is -0.497 e. The Morgan fingerprint density at radius 1 is 1.00 bits per heavy atom. The van der Waals surface area contributed by atoms with Crippen LogP contribution in [0.5, 0.6) is 11.5 Å². The molecule has 7 nitrogen and oxygen atoms in total. The summed E-state index contributed by atoms with van der Waals surface area (Å²) in [6.07, 6.45) is 1.63. The number of fused-ring (bicyclic) bond motifs is 1. The van der Waals surface area contributed by atoms with E-state index in [0.29, 0.717) is 28.7 Å². The minimum atomic E-state index is -0.791. The van der Waals surface area contributed by atoms with Crippen molar-refractivity contribution in [1.29, 1.82) is 0 Å². The number of ether oxygens (including phenoxy) is 2. The summed E-state index contributed by atoms with van der Waals surface area (Å²) < 4.78 is 10.8. The molecule has 2 amide bonds. The number of rotatable bonds is 7. The van der Waals surface area contributed by atoms with Gasteiger partial charge < -0.3 is 14.4 Å². The fraction of sp³-hybridized carbons (Fsp3) is 0.148. The van der Waals surface area contributed by atoms with Gasteiger partial charge in [0.25, 0.3) is 11.8 Å². The molecule has 1 aliphatic rings. The molecule has 35 heavy (non-hydrogen) atoms. The van der Waals surface area contributed by atoms with Gasteiger partial charge in [-0.3, -0.25) is 14.9 Å². The highest BCUT2D eigenvalue weighted by Crippen LogP contribution is 2.36. The first kappa shape index (κ1) is 22.6. The van der Waals surface area contributed by atoms with Crippen LogP contribution in [-0.4, -0.2) is 35.9 Å². The van der Waals surface area contributed by atoms with Gasteiger partial charge in [-0.25, -0.2) is 4.98 Å². The molecule has 0 fully saturated rings. The van der Waals surface area contributed by atoms with Crippen LogP contribution >= 0.6 is 11.3 Å². The number of hydrogen-bond donors (Lipinski definition) is 1. The standard InChI is InChI=1S/C27H23N3O4S/c1-33-21-12-20(13-22(15-21)34-2)18-8-9-19-16-30(26(32)23(19)14-18)24(17-6-4-3-5-7-17)25(31)29-27-28-10-11-35-27/h3-15,24H,16H2,1-2H3,(H,28,29,31). The number of hydrogen-bond acceptors (Lipinski definition) is 6. The Morgan fingerprint density at radius 3 is 2.40 bits per heavy atom. The van der Waals surface area contributed by atoms with E-state index in [9.17, 15) is 9.59 Å². The van der Waals surface area contributed by atoms with Crippen LogP contribution in [0, 0.1) is 0 Å². The van der Waals surface area contributed by atoms with Gasteiger partial charge in [0.1, 0.15) is 17.5 Å². The molecule has 1 N–H and O–H groups in total. The molecule has 0 radical (unpaired) electrons. The monoisotopic (exact) mass is 485 g/mol. The lowest BCUT2D eigenvalue weighted by Crippen LogP contribution is -2.37. The van der Waals surface area contributed by atoms with Crippen LogP contribution in [0.2, 0.25) is 0 Å². The summed E-state index contributed by atoms with van der Waals surface area (Å²) in [5.74, 6) is 0.830. The molecule has 0 saturated carbocycles. The van der Waals surface area contributed by atoms with Gasteiger partial charge in [-0.1, -0.05) is 42.5 Å². The maximum Gasteiger partial charge on any atom is 0.255 e. The van der Waals surface area contributed by atoms with Gasteiger partial charge in [0.15, 0.2) is 5.13 Å². The number of anilines is 1. The van der Waals surface area contributed by atoms with Crippen molar-refractivity contribution in [3.63, 3.8) is 0 Å². The third kappa shape index (κ3) is 4.48. The second kappa shape index (κ2) is 9.60. The molecule has 0 spiro atoms. The van der Waals surface area contributed by atoms with Gasteiger partial charge >= 0.3 is 0 Å². The number of amides is 2. The van der Waals surface area contributed by atoms with E-state index < -0.39 is 6.04 Å². The van der Waals surface area contributed by atoms with Crippen LogP contribution in [0.1, 0.15) is 27.5 Å². The van der Waals surface area contributed by atoms with Crippen molar-refractivity contribution in [2.24, 2.45) is 0 Å². The molecule has 0 aliphatic carbocycles. The molecule has 3 aromatic carbocycles. The lowest BCUT2D eigenvalue weighted by atomic mass is 10.00. The molecule has 4 aromatic rings. The van der Waals surface area contributed by atoms with Gasteiger partial charge in [0.2, 0.25) is 0 Å². The van der Waals surface area contributed by atoms with E-state index in [-0.39, 0.29) is 11.8 Å². The first-order chi connectivity index (χ1) is 17.1. The molecule has 1 atom stereocenters. The van der Waals surface area contributed by atoms with Crippen molar-refractivity contribution in [3.8, 4) is 22.6 Å². The average Bonchev–Trinajstić information content (AvgIpc) is 3.52. The van der Waals surface area contributed by atoms with Crippen LogP contribution < -0.4 is 14.8 Å². The first-order valence-corrected chi connectivity index (χ1v) is 11.9. The van der Waals surface area contributed by atoms with Crippen LogP contribution in [-0.2, 0) is 11.3 Å². The third-order valence-electron chi connectivity index (χ3n) is 5.96. The highest BCUT2D eigenvalue weighted by Gasteiger charge is 2.37. The van der Waals surface area contributed by atoms with Crippen LogP contribution in [0.4, 0.5) is 5.13 Å². The SMILES string of the molecule is COc1cc(OC)cc(-c2ccc3c(c2)C(=O)N(C(C(=O)Nc2nccs2)c2ccccc2)C3)c1. The largest absolute Gasteiger partial charge is 0.497 e. The fourth-order valence-electron chi connectivity index (χ4n) is 4.25. The van der Waals surface area contributed by atoms with Crippen molar-refractivity contribution in [1.82, 2.24) is 9.88 Å². The summed E-state index contributed by atoms with van der Waals surface area (Å²) in [6.45, 7) is 0.334. The summed E-state index contributed by atoms with van der Waals surface area (Å²) in [5.41, 5.74) is 3.92. The highest BCUT2D eigenvalue weighted by atomic mass is 32.1.